The van der Waals surface area contributed by atoms with E-state index in [9.17, 15) is 0 Å². The van der Waals surface area contributed by atoms with Gasteiger partial charge in [0, 0.05) is 11.8 Å². The Bertz CT molecular complexity index is 409. The lowest BCUT2D eigenvalue weighted by molar-refractivity contribution is 0.594. The van der Waals surface area contributed by atoms with Crippen molar-refractivity contribution in [2.45, 2.75) is 19.4 Å². The van der Waals surface area contributed by atoms with Gasteiger partial charge in [-0.15, -0.1) is 16.4 Å². The van der Waals surface area contributed by atoms with Crippen molar-refractivity contribution in [3.63, 3.8) is 0 Å². The third-order valence-electron chi connectivity index (χ3n) is 2.15. The van der Waals surface area contributed by atoms with E-state index >= 15 is 0 Å². The van der Waals surface area contributed by atoms with Gasteiger partial charge in [0.1, 0.15) is 0 Å². The molecule has 80 valence electrons. The molecule has 1 N–H and O–H groups in total. The molecule has 2 heterocycles. The highest BCUT2D eigenvalue weighted by molar-refractivity contribution is 7.09. The van der Waals surface area contributed by atoms with E-state index in [-0.39, 0.29) is 6.04 Å². The van der Waals surface area contributed by atoms with Crippen LogP contribution in [-0.2, 0) is 6.42 Å². The molecule has 1 atom stereocenters. The Hall–Kier alpha value is -0.850. The fourth-order valence-corrected chi connectivity index (χ4v) is 2.62. The summed E-state index contributed by atoms with van der Waals surface area (Å²) in [5, 5.41) is 10.3. The zero-order chi connectivity index (χ0) is 10.7. The van der Waals surface area contributed by atoms with E-state index in [4.69, 9.17) is 0 Å². The highest BCUT2D eigenvalue weighted by atomic mass is 32.1. The number of aromatic nitrogens is 3. The Labute approximate surface area is 96.5 Å². The van der Waals surface area contributed by atoms with Crippen molar-refractivity contribution in [2.24, 2.45) is 0 Å². The maximum Gasteiger partial charge on any atom is 0.0897 e. The molecular formula is C9H12N4S2. The minimum atomic E-state index is 0.270. The third kappa shape index (κ3) is 2.58. The molecule has 0 saturated heterocycles. The van der Waals surface area contributed by atoms with E-state index in [1.807, 2.05) is 20.2 Å². The monoisotopic (exact) mass is 240 g/mol. The zero-order valence-corrected chi connectivity index (χ0v) is 10.2. The molecule has 0 fully saturated rings. The molecule has 0 bridgehead atoms. The van der Waals surface area contributed by atoms with Gasteiger partial charge in [0.25, 0.3) is 0 Å². The molecule has 0 aliphatic rings. The summed E-state index contributed by atoms with van der Waals surface area (Å²) in [6.07, 6.45) is 2.70. The first kappa shape index (κ1) is 10.7. The van der Waals surface area contributed by atoms with Gasteiger partial charge in [-0.05, 0) is 25.5 Å². The second-order valence-electron chi connectivity index (χ2n) is 3.22. The Morgan fingerprint density at radius 3 is 2.93 bits per heavy atom. The predicted molar refractivity (Wildman–Crippen MR) is 62.3 cm³/mol. The summed E-state index contributed by atoms with van der Waals surface area (Å²) < 4.78 is 3.87. The molecule has 0 radical (unpaired) electrons. The van der Waals surface area contributed by atoms with Crippen LogP contribution in [0.4, 0.5) is 0 Å². The number of likely N-dealkylation sites (N-methyl/N-ethyl adjacent to an activating group) is 1. The number of nitrogens with one attached hydrogen (secondary N) is 1. The zero-order valence-electron chi connectivity index (χ0n) is 8.60. The Morgan fingerprint density at radius 1 is 1.53 bits per heavy atom. The number of hydrogen-bond acceptors (Lipinski definition) is 6. The topological polar surface area (TPSA) is 50.7 Å². The van der Waals surface area contributed by atoms with Crippen LogP contribution in [0.5, 0.6) is 0 Å². The fraction of sp³-hybridized carbons (Fsp3) is 0.444. The van der Waals surface area contributed by atoms with Crippen LogP contribution in [0.15, 0.2) is 11.6 Å². The van der Waals surface area contributed by atoms with Crippen LogP contribution in [0.1, 0.15) is 21.6 Å². The minimum Gasteiger partial charge on any atom is -0.312 e. The van der Waals surface area contributed by atoms with Gasteiger partial charge in [0.05, 0.1) is 27.8 Å². The van der Waals surface area contributed by atoms with Crippen LogP contribution in [0.3, 0.4) is 0 Å². The summed E-state index contributed by atoms with van der Waals surface area (Å²) in [7, 11) is 1.95. The lowest BCUT2D eigenvalue weighted by atomic mass is 10.1. The fourth-order valence-electron chi connectivity index (χ4n) is 1.38. The van der Waals surface area contributed by atoms with Crippen LogP contribution in [0, 0.1) is 6.92 Å². The lowest BCUT2D eigenvalue weighted by Gasteiger charge is -2.11. The van der Waals surface area contributed by atoms with Gasteiger partial charge < -0.3 is 5.32 Å². The maximum absolute atomic E-state index is 4.45. The molecule has 0 aromatic carbocycles. The molecule has 0 aliphatic heterocycles. The molecule has 1 unspecified atom stereocenters. The Morgan fingerprint density at radius 2 is 2.40 bits per heavy atom. The quantitative estimate of drug-likeness (QED) is 0.885. The van der Waals surface area contributed by atoms with Gasteiger partial charge in [-0.25, -0.2) is 4.98 Å². The number of hydrogen-bond donors (Lipinski definition) is 1. The van der Waals surface area contributed by atoms with E-state index in [0.717, 1.165) is 22.0 Å². The molecule has 0 spiro atoms. The normalized spacial score (nSPS) is 12.9. The van der Waals surface area contributed by atoms with Crippen LogP contribution < -0.4 is 5.32 Å². The SMILES string of the molecule is CNC(Cc1csc(C)n1)c1cnns1. The molecule has 2 aromatic rings. The smallest absolute Gasteiger partial charge is 0.0897 e. The van der Waals surface area contributed by atoms with Crippen molar-refractivity contribution >= 4 is 22.9 Å². The number of rotatable bonds is 4. The molecule has 0 amide bonds. The highest BCUT2D eigenvalue weighted by Gasteiger charge is 2.13. The van der Waals surface area contributed by atoms with Gasteiger partial charge in [0.15, 0.2) is 0 Å². The second kappa shape index (κ2) is 4.78. The van der Waals surface area contributed by atoms with E-state index in [2.05, 4.69) is 25.3 Å². The van der Waals surface area contributed by atoms with Crippen molar-refractivity contribution in [3.05, 3.63) is 27.2 Å². The van der Waals surface area contributed by atoms with Gasteiger partial charge >= 0.3 is 0 Å². The average Bonchev–Trinajstić information content (AvgIpc) is 2.85. The van der Waals surface area contributed by atoms with E-state index in [1.54, 1.807) is 11.3 Å². The summed E-state index contributed by atoms with van der Waals surface area (Å²) in [6, 6.07) is 0.270. The molecule has 15 heavy (non-hydrogen) atoms. The molecule has 0 saturated carbocycles. The standard InChI is InChI=1S/C9H12N4S2/c1-6-12-7(5-14-6)3-8(10-2)9-4-11-13-15-9/h4-5,8,10H,3H2,1-2H3. The summed E-state index contributed by atoms with van der Waals surface area (Å²) in [4.78, 5) is 5.61. The van der Waals surface area contributed by atoms with Crippen molar-refractivity contribution < 1.29 is 0 Å². The summed E-state index contributed by atoms with van der Waals surface area (Å²) in [5.74, 6) is 0. The molecular weight excluding hydrogens is 228 g/mol. The Balaban J connectivity index is 2.09. The second-order valence-corrected chi connectivity index (χ2v) is 5.10. The molecule has 2 rings (SSSR count). The third-order valence-corrected chi connectivity index (χ3v) is 3.75. The largest absolute Gasteiger partial charge is 0.312 e. The predicted octanol–water partition coefficient (Wildman–Crippen LogP) is 1.81. The average molecular weight is 240 g/mol. The summed E-state index contributed by atoms with van der Waals surface area (Å²) in [6.45, 7) is 2.02. The summed E-state index contributed by atoms with van der Waals surface area (Å²) in [5.41, 5.74) is 1.13. The summed E-state index contributed by atoms with van der Waals surface area (Å²) >= 11 is 3.12. The molecule has 0 aliphatic carbocycles. The van der Waals surface area contributed by atoms with Gasteiger partial charge in [-0.1, -0.05) is 4.49 Å². The first-order chi connectivity index (χ1) is 7.29. The molecule has 4 nitrogen and oxygen atoms in total. The van der Waals surface area contributed by atoms with E-state index in [0.29, 0.717) is 0 Å². The first-order valence-corrected chi connectivity index (χ1v) is 6.30. The van der Waals surface area contributed by atoms with Crippen LogP contribution in [0.2, 0.25) is 0 Å². The lowest BCUT2D eigenvalue weighted by Crippen LogP contribution is -2.17. The molecule has 6 heteroatoms. The molecule has 2 aromatic heterocycles. The first-order valence-electron chi connectivity index (χ1n) is 4.65. The van der Waals surface area contributed by atoms with Crippen molar-refractivity contribution in [1.29, 1.82) is 0 Å². The van der Waals surface area contributed by atoms with Crippen molar-refractivity contribution in [2.75, 3.05) is 7.05 Å². The Kier molecular flexibility index (Phi) is 3.40. The van der Waals surface area contributed by atoms with Gasteiger partial charge in [0.2, 0.25) is 0 Å². The van der Waals surface area contributed by atoms with Gasteiger partial charge in [-0.3, -0.25) is 0 Å². The van der Waals surface area contributed by atoms with E-state index in [1.165, 1.54) is 11.5 Å². The van der Waals surface area contributed by atoms with Crippen molar-refractivity contribution in [1.82, 2.24) is 19.9 Å². The number of nitrogens with zero attached hydrogens (tertiary/aromatic N) is 3. The number of thiazole rings is 1. The van der Waals surface area contributed by atoms with Crippen molar-refractivity contribution in [3.8, 4) is 0 Å². The minimum absolute atomic E-state index is 0.270. The van der Waals surface area contributed by atoms with Crippen LogP contribution >= 0.6 is 22.9 Å². The van der Waals surface area contributed by atoms with Gasteiger partial charge in [-0.2, -0.15) is 0 Å². The van der Waals surface area contributed by atoms with Crippen LogP contribution in [-0.4, -0.2) is 21.6 Å². The van der Waals surface area contributed by atoms with Crippen LogP contribution in [0.25, 0.3) is 0 Å². The highest BCUT2D eigenvalue weighted by Crippen LogP contribution is 2.20. The van der Waals surface area contributed by atoms with E-state index < -0.39 is 0 Å². The number of aryl methyl sites for hydroxylation is 1. The maximum atomic E-state index is 4.45.